The normalized spacial score (nSPS) is 13.0. The van der Waals surface area contributed by atoms with Gasteiger partial charge in [-0.2, -0.15) is 0 Å². The molecule has 0 fully saturated rings. The van der Waals surface area contributed by atoms with Crippen molar-refractivity contribution in [1.82, 2.24) is 10.6 Å². The largest absolute Gasteiger partial charge is 0.489 e. The van der Waals surface area contributed by atoms with Crippen LogP contribution in [0.4, 0.5) is 0 Å². The smallest absolute Gasteiger partial charge is 0.309 e. The zero-order valence-electron chi connectivity index (χ0n) is 27.5. The van der Waals surface area contributed by atoms with Crippen LogP contribution in [0.15, 0.2) is 110 Å². The Morgan fingerprint density at radius 1 is 0.809 bits per heavy atom. The van der Waals surface area contributed by atoms with Crippen LogP contribution in [0.5, 0.6) is 5.75 Å². The summed E-state index contributed by atoms with van der Waals surface area (Å²) >= 11 is 0. The molecule has 3 rings (SSSR count). The highest BCUT2D eigenvalue weighted by Crippen LogP contribution is 2.19. The molecule has 8 heteroatoms. The minimum Gasteiger partial charge on any atom is -0.489 e. The molecule has 0 heterocycles. The van der Waals surface area contributed by atoms with E-state index in [1.54, 1.807) is 26.0 Å². The first-order valence-electron chi connectivity index (χ1n) is 16.0. The quantitative estimate of drug-likeness (QED) is 0.107. The summed E-state index contributed by atoms with van der Waals surface area (Å²) in [6.45, 7) is 11.2. The van der Waals surface area contributed by atoms with Gasteiger partial charge < -0.3 is 25.2 Å². The van der Waals surface area contributed by atoms with E-state index in [9.17, 15) is 19.5 Å². The van der Waals surface area contributed by atoms with Crippen molar-refractivity contribution < 1.29 is 29.0 Å². The molecule has 47 heavy (non-hydrogen) atoms. The van der Waals surface area contributed by atoms with Gasteiger partial charge in [0.25, 0.3) is 0 Å². The van der Waals surface area contributed by atoms with Crippen molar-refractivity contribution in [3.63, 3.8) is 0 Å². The van der Waals surface area contributed by atoms with E-state index < -0.39 is 17.5 Å². The lowest BCUT2D eigenvalue weighted by molar-refractivity contribution is -0.151. The van der Waals surface area contributed by atoms with E-state index in [4.69, 9.17) is 9.47 Å². The van der Waals surface area contributed by atoms with Gasteiger partial charge in [-0.05, 0) is 68.4 Å². The van der Waals surface area contributed by atoms with Gasteiger partial charge in [0.15, 0.2) is 0 Å². The standard InChI is InChI=1S/C39H48N2O6/c1-5-13-32(37(44)41-39(3,4)28-47-38(45)33(14-6-2)23-29-15-9-7-10-16-29)25-36(43)40-34(26-42)24-30-19-21-35(22-20-30)46-27-31-17-11-8-12-18-31/h5-12,15-22,32-34,42H,1-2,13-14,23-28H2,3-4H3,(H,40,43)(H,41,44)/t32-,33-,34-/m0/s1. The van der Waals surface area contributed by atoms with E-state index >= 15 is 0 Å². The van der Waals surface area contributed by atoms with Crippen LogP contribution >= 0.6 is 0 Å². The van der Waals surface area contributed by atoms with Crippen LogP contribution in [-0.2, 0) is 38.6 Å². The number of nitrogens with one attached hydrogen (secondary N) is 2. The molecule has 0 aliphatic carbocycles. The van der Waals surface area contributed by atoms with Crippen molar-refractivity contribution in [2.75, 3.05) is 13.2 Å². The molecule has 2 amide bonds. The number of hydrogen-bond donors (Lipinski definition) is 3. The van der Waals surface area contributed by atoms with E-state index in [-0.39, 0.29) is 49.8 Å². The van der Waals surface area contributed by atoms with Crippen molar-refractivity contribution in [1.29, 1.82) is 0 Å². The van der Waals surface area contributed by atoms with Gasteiger partial charge in [-0.15, -0.1) is 13.2 Å². The second-order valence-electron chi connectivity index (χ2n) is 12.4. The molecule has 0 aliphatic rings. The number of hydrogen-bond acceptors (Lipinski definition) is 6. The number of ether oxygens (including phenoxy) is 2. The average molecular weight is 641 g/mol. The molecule has 0 aromatic heterocycles. The molecule has 3 aromatic rings. The van der Waals surface area contributed by atoms with Gasteiger partial charge in [0.2, 0.25) is 11.8 Å². The molecule has 0 bridgehead atoms. The summed E-state index contributed by atoms with van der Waals surface area (Å²) in [5.41, 5.74) is 2.15. The lowest BCUT2D eigenvalue weighted by Crippen LogP contribution is -2.50. The van der Waals surface area contributed by atoms with Crippen molar-refractivity contribution >= 4 is 17.8 Å². The molecule has 0 aliphatic heterocycles. The molecule has 250 valence electrons. The van der Waals surface area contributed by atoms with Gasteiger partial charge in [0, 0.05) is 6.42 Å². The van der Waals surface area contributed by atoms with Crippen LogP contribution in [0.25, 0.3) is 0 Å². The van der Waals surface area contributed by atoms with Crippen LogP contribution in [-0.4, -0.2) is 47.7 Å². The lowest BCUT2D eigenvalue weighted by atomic mass is 9.96. The minimum atomic E-state index is -0.876. The third-order valence-corrected chi connectivity index (χ3v) is 7.64. The fraction of sp³-hybridized carbons (Fsp3) is 0.359. The van der Waals surface area contributed by atoms with Crippen molar-refractivity contribution in [3.05, 3.63) is 127 Å². The van der Waals surface area contributed by atoms with Crippen LogP contribution in [0.3, 0.4) is 0 Å². The summed E-state index contributed by atoms with van der Waals surface area (Å²) in [5, 5.41) is 15.8. The Hall–Kier alpha value is -4.69. The fourth-order valence-corrected chi connectivity index (χ4v) is 5.11. The number of carbonyl (C=O) groups is 3. The Kier molecular flexibility index (Phi) is 14.9. The summed E-state index contributed by atoms with van der Waals surface area (Å²) in [6.07, 6.45) is 4.90. The van der Waals surface area contributed by atoms with Gasteiger partial charge in [-0.1, -0.05) is 84.9 Å². The van der Waals surface area contributed by atoms with Crippen molar-refractivity contribution in [2.45, 2.75) is 64.1 Å². The van der Waals surface area contributed by atoms with Gasteiger partial charge in [-0.3, -0.25) is 14.4 Å². The molecular formula is C39H48N2O6. The molecule has 0 radical (unpaired) electrons. The average Bonchev–Trinajstić information content (AvgIpc) is 3.07. The second-order valence-corrected chi connectivity index (χ2v) is 12.4. The summed E-state index contributed by atoms with van der Waals surface area (Å²) in [6, 6.07) is 26.6. The monoisotopic (exact) mass is 640 g/mol. The summed E-state index contributed by atoms with van der Waals surface area (Å²) in [4.78, 5) is 39.2. The topological polar surface area (TPSA) is 114 Å². The Morgan fingerprint density at radius 2 is 1.38 bits per heavy atom. The summed E-state index contributed by atoms with van der Waals surface area (Å²) in [7, 11) is 0. The first-order valence-corrected chi connectivity index (χ1v) is 16.0. The number of rotatable bonds is 20. The first-order chi connectivity index (χ1) is 22.6. The molecule has 0 spiro atoms. The van der Waals surface area contributed by atoms with Crippen LogP contribution in [0.2, 0.25) is 0 Å². The number of benzene rings is 3. The molecule has 3 N–H and O–H groups in total. The molecule has 0 saturated carbocycles. The van der Waals surface area contributed by atoms with E-state index in [1.165, 1.54) is 0 Å². The SMILES string of the molecule is C=CC[C@@H](CC(=O)N[C@H](CO)Cc1ccc(OCc2ccccc2)cc1)C(=O)NC(C)(C)COC(=O)[C@@H](CC=C)Cc1ccccc1. The highest BCUT2D eigenvalue weighted by atomic mass is 16.5. The predicted octanol–water partition coefficient (Wildman–Crippen LogP) is 5.74. The maximum absolute atomic E-state index is 13.3. The molecule has 0 saturated heterocycles. The minimum absolute atomic E-state index is 0.0321. The van der Waals surface area contributed by atoms with E-state index in [0.717, 1.165) is 22.4 Å². The number of carbonyl (C=O) groups excluding carboxylic acids is 3. The van der Waals surface area contributed by atoms with Gasteiger partial charge in [0.05, 0.1) is 30.0 Å². The third-order valence-electron chi connectivity index (χ3n) is 7.64. The Morgan fingerprint density at radius 3 is 1.98 bits per heavy atom. The Balaban J connectivity index is 1.49. The van der Waals surface area contributed by atoms with Crippen LogP contribution < -0.4 is 15.4 Å². The van der Waals surface area contributed by atoms with Gasteiger partial charge in [0.1, 0.15) is 19.0 Å². The number of amides is 2. The summed E-state index contributed by atoms with van der Waals surface area (Å²) < 4.78 is 11.5. The molecular weight excluding hydrogens is 592 g/mol. The van der Waals surface area contributed by atoms with E-state index in [0.29, 0.717) is 25.9 Å². The Bertz CT molecular complexity index is 1420. The number of esters is 1. The number of aliphatic hydroxyl groups is 1. The third kappa shape index (κ3) is 13.3. The molecule has 8 nitrogen and oxygen atoms in total. The highest BCUT2D eigenvalue weighted by molar-refractivity contribution is 5.86. The van der Waals surface area contributed by atoms with E-state index in [1.807, 2.05) is 84.9 Å². The number of aliphatic hydroxyl groups excluding tert-OH is 1. The predicted molar refractivity (Wildman–Crippen MR) is 184 cm³/mol. The number of allylic oxidation sites excluding steroid dienone is 2. The highest BCUT2D eigenvalue weighted by Gasteiger charge is 2.30. The molecule has 3 atom stereocenters. The zero-order valence-corrected chi connectivity index (χ0v) is 27.5. The zero-order chi connectivity index (χ0) is 34.1. The van der Waals surface area contributed by atoms with E-state index in [2.05, 4.69) is 23.8 Å². The Labute approximate surface area is 278 Å². The summed E-state index contributed by atoms with van der Waals surface area (Å²) in [5.74, 6) is -1.41. The first kappa shape index (κ1) is 36.8. The molecule has 0 unspecified atom stereocenters. The van der Waals surface area contributed by atoms with Crippen molar-refractivity contribution in [2.24, 2.45) is 11.8 Å². The maximum Gasteiger partial charge on any atom is 0.309 e. The van der Waals surface area contributed by atoms with Crippen LogP contribution in [0, 0.1) is 11.8 Å². The van der Waals surface area contributed by atoms with Crippen molar-refractivity contribution in [3.8, 4) is 5.75 Å². The second kappa shape index (κ2) is 19.1. The maximum atomic E-state index is 13.3. The lowest BCUT2D eigenvalue weighted by Gasteiger charge is -2.29. The van der Waals surface area contributed by atoms with Gasteiger partial charge in [-0.25, -0.2) is 0 Å². The van der Waals surface area contributed by atoms with Crippen LogP contribution in [0.1, 0.15) is 49.8 Å². The fourth-order valence-electron chi connectivity index (χ4n) is 5.11. The van der Waals surface area contributed by atoms with Gasteiger partial charge >= 0.3 is 5.97 Å². The molecule has 3 aromatic carbocycles.